The highest BCUT2D eigenvalue weighted by molar-refractivity contribution is 6.53. The van der Waals surface area contributed by atoms with Gasteiger partial charge < -0.3 is 5.32 Å². The second kappa shape index (κ2) is 3.35. The van der Waals surface area contributed by atoms with E-state index in [0.717, 1.165) is 0 Å². The van der Waals surface area contributed by atoms with Gasteiger partial charge in [0.05, 0.1) is 17.3 Å². The van der Waals surface area contributed by atoms with Crippen LogP contribution in [0.2, 0.25) is 0 Å². The molecule has 1 heterocycles. The molecule has 0 radical (unpaired) electrons. The molecule has 1 aliphatic carbocycles. The van der Waals surface area contributed by atoms with Crippen LogP contribution in [0.3, 0.4) is 0 Å². The van der Waals surface area contributed by atoms with Crippen molar-refractivity contribution in [2.45, 2.75) is 17.7 Å². The van der Waals surface area contributed by atoms with Gasteiger partial charge in [-0.05, 0) is 25.5 Å². The van der Waals surface area contributed by atoms with Crippen molar-refractivity contribution in [3.63, 3.8) is 0 Å². The lowest BCUT2D eigenvalue weighted by molar-refractivity contribution is -0.120. The van der Waals surface area contributed by atoms with Crippen molar-refractivity contribution in [1.82, 2.24) is 4.98 Å². The first-order valence-corrected chi connectivity index (χ1v) is 5.31. The van der Waals surface area contributed by atoms with Crippen LogP contribution >= 0.6 is 23.2 Å². The Hall–Kier alpha value is -0.800. The van der Waals surface area contributed by atoms with E-state index in [1.54, 1.807) is 31.5 Å². The van der Waals surface area contributed by atoms with Crippen molar-refractivity contribution < 1.29 is 4.79 Å². The first-order valence-electron chi connectivity index (χ1n) is 4.55. The molecule has 1 fully saturated rings. The van der Waals surface area contributed by atoms with E-state index in [-0.39, 0.29) is 5.91 Å². The molecule has 1 atom stereocenters. The minimum Gasteiger partial charge on any atom is -0.324 e. The van der Waals surface area contributed by atoms with Gasteiger partial charge in [0.1, 0.15) is 4.33 Å². The predicted octanol–water partition coefficient (Wildman–Crippen LogP) is 2.60. The fourth-order valence-corrected chi connectivity index (χ4v) is 2.06. The fourth-order valence-electron chi connectivity index (χ4n) is 1.35. The number of rotatable bonds is 2. The Labute approximate surface area is 97.8 Å². The van der Waals surface area contributed by atoms with E-state index in [9.17, 15) is 4.79 Å². The standard InChI is InChI=1S/C10H10Cl2N2O/c1-9(6-10(9,11)12)8(15)14-7-3-2-4-13-5-7/h2-5H,6H2,1H3,(H,14,15)/t9-/m1/s1. The Morgan fingerprint density at radius 3 is 2.73 bits per heavy atom. The number of carbonyl (C=O) groups is 1. The molecular weight excluding hydrogens is 235 g/mol. The number of carbonyl (C=O) groups excluding carboxylic acids is 1. The molecular formula is C10H10Cl2N2O. The molecule has 1 saturated carbocycles. The highest BCUT2D eigenvalue weighted by atomic mass is 35.5. The molecule has 1 aromatic rings. The predicted molar refractivity (Wildman–Crippen MR) is 60.0 cm³/mol. The van der Waals surface area contributed by atoms with Crippen molar-refractivity contribution >= 4 is 34.8 Å². The van der Waals surface area contributed by atoms with Gasteiger partial charge in [-0.15, -0.1) is 23.2 Å². The lowest BCUT2D eigenvalue weighted by Gasteiger charge is -2.11. The summed E-state index contributed by atoms with van der Waals surface area (Å²) in [5, 5.41) is 2.73. The molecule has 0 saturated heterocycles. The minimum atomic E-state index is -0.931. The quantitative estimate of drug-likeness (QED) is 0.813. The molecule has 1 aromatic heterocycles. The van der Waals surface area contributed by atoms with E-state index < -0.39 is 9.75 Å². The van der Waals surface area contributed by atoms with E-state index in [1.807, 2.05) is 0 Å². The first kappa shape index (κ1) is 10.7. The summed E-state index contributed by atoms with van der Waals surface area (Å²) in [7, 11) is 0. The number of nitrogens with one attached hydrogen (secondary N) is 1. The van der Waals surface area contributed by atoms with E-state index in [4.69, 9.17) is 23.2 Å². The van der Waals surface area contributed by atoms with Crippen LogP contribution < -0.4 is 5.32 Å². The van der Waals surface area contributed by atoms with Gasteiger partial charge in [-0.1, -0.05) is 0 Å². The lowest BCUT2D eigenvalue weighted by atomic mass is 10.1. The third kappa shape index (κ3) is 1.82. The molecule has 2 rings (SSSR count). The number of pyridine rings is 1. The van der Waals surface area contributed by atoms with E-state index >= 15 is 0 Å². The molecule has 0 unspecified atom stereocenters. The Balaban J connectivity index is 2.07. The Morgan fingerprint density at radius 2 is 2.27 bits per heavy atom. The van der Waals surface area contributed by atoms with Crippen LogP contribution in [0.1, 0.15) is 13.3 Å². The third-order valence-corrected chi connectivity index (χ3v) is 3.78. The molecule has 5 heteroatoms. The summed E-state index contributed by atoms with van der Waals surface area (Å²) in [6.45, 7) is 1.75. The van der Waals surface area contributed by atoms with E-state index in [0.29, 0.717) is 12.1 Å². The van der Waals surface area contributed by atoms with Crippen LogP contribution in [0.25, 0.3) is 0 Å². The maximum absolute atomic E-state index is 11.8. The van der Waals surface area contributed by atoms with E-state index in [1.165, 1.54) is 0 Å². The molecule has 15 heavy (non-hydrogen) atoms. The van der Waals surface area contributed by atoms with Crippen LogP contribution in [0, 0.1) is 5.41 Å². The smallest absolute Gasteiger partial charge is 0.233 e. The Kier molecular flexibility index (Phi) is 2.40. The van der Waals surface area contributed by atoms with Gasteiger partial charge in [-0.25, -0.2) is 0 Å². The monoisotopic (exact) mass is 244 g/mol. The van der Waals surface area contributed by atoms with Crippen LogP contribution in [0.5, 0.6) is 0 Å². The van der Waals surface area contributed by atoms with Gasteiger partial charge in [0.15, 0.2) is 0 Å². The topological polar surface area (TPSA) is 42.0 Å². The number of anilines is 1. The summed E-state index contributed by atoms with van der Waals surface area (Å²) in [6, 6.07) is 3.51. The fraction of sp³-hybridized carbons (Fsp3) is 0.400. The zero-order chi connectivity index (χ0) is 11.1. The first-order chi connectivity index (χ1) is 6.96. The summed E-state index contributed by atoms with van der Waals surface area (Å²) in [4.78, 5) is 15.7. The van der Waals surface area contributed by atoms with Crippen molar-refractivity contribution in [2.75, 3.05) is 5.32 Å². The summed E-state index contributed by atoms with van der Waals surface area (Å²) in [6.07, 6.45) is 3.70. The number of halogens is 2. The van der Waals surface area contributed by atoms with Gasteiger partial charge in [0.2, 0.25) is 5.91 Å². The Morgan fingerprint density at radius 1 is 1.60 bits per heavy atom. The number of hydrogen-bond donors (Lipinski definition) is 1. The second-order valence-electron chi connectivity index (χ2n) is 3.91. The summed E-state index contributed by atoms with van der Waals surface area (Å²) < 4.78 is -0.931. The largest absolute Gasteiger partial charge is 0.324 e. The molecule has 0 aromatic carbocycles. The zero-order valence-electron chi connectivity index (χ0n) is 8.13. The SMILES string of the molecule is C[C@]1(C(=O)Nc2cccnc2)CC1(Cl)Cl. The number of aromatic nitrogens is 1. The van der Waals surface area contributed by atoms with Gasteiger partial charge in [0, 0.05) is 6.20 Å². The molecule has 0 aliphatic heterocycles. The van der Waals surface area contributed by atoms with Crippen molar-refractivity contribution in [3.8, 4) is 0 Å². The third-order valence-electron chi connectivity index (χ3n) is 2.68. The Bertz CT molecular complexity index is 394. The summed E-state index contributed by atoms with van der Waals surface area (Å²) in [5.41, 5.74) is -0.0360. The van der Waals surface area contributed by atoms with Crippen LogP contribution in [-0.4, -0.2) is 15.2 Å². The maximum atomic E-state index is 11.8. The maximum Gasteiger partial charge on any atom is 0.233 e. The minimum absolute atomic E-state index is 0.166. The van der Waals surface area contributed by atoms with Crippen LogP contribution in [0.15, 0.2) is 24.5 Å². The highest BCUT2D eigenvalue weighted by Crippen LogP contribution is 2.64. The summed E-state index contributed by atoms with van der Waals surface area (Å²) >= 11 is 11.8. The normalized spacial score (nSPS) is 27.1. The summed E-state index contributed by atoms with van der Waals surface area (Å²) in [5.74, 6) is -0.166. The molecule has 0 bridgehead atoms. The average molecular weight is 245 g/mol. The number of nitrogens with zero attached hydrogens (tertiary/aromatic N) is 1. The van der Waals surface area contributed by atoms with Gasteiger partial charge in [-0.3, -0.25) is 9.78 Å². The number of alkyl halides is 2. The average Bonchev–Trinajstić information content (AvgIpc) is 2.69. The second-order valence-corrected chi connectivity index (χ2v) is 5.39. The molecule has 0 spiro atoms. The number of hydrogen-bond acceptors (Lipinski definition) is 2. The molecule has 1 amide bonds. The van der Waals surface area contributed by atoms with Crippen molar-refractivity contribution in [2.24, 2.45) is 5.41 Å². The number of amides is 1. The van der Waals surface area contributed by atoms with Gasteiger partial charge in [-0.2, -0.15) is 0 Å². The van der Waals surface area contributed by atoms with Gasteiger partial charge in [0.25, 0.3) is 0 Å². The molecule has 1 aliphatic rings. The molecule has 80 valence electrons. The van der Waals surface area contributed by atoms with Crippen LogP contribution in [0.4, 0.5) is 5.69 Å². The van der Waals surface area contributed by atoms with Crippen LogP contribution in [-0.2, 0) is 4.79 Å². The molecule has 1 N–H and O–H groups in total. The highest BCUT2D eigenvalue weighted by Gasteiger charge is 2.67. The van der Waals surface area contributed by atoms with Crippen molar-refractivity contribution in [1.29, 1.82) is 0 Å². The molecule has 3 nitrogen and oxygen atoms in total. The zero-order valence-corrected chi connectivity index (χ0v) is 9.64. The lowest BCUT2D eigenvalue weighted by Crippen LogP contribution is -2.25. The van der Waals surface area contributed by atoms with Gasteiger partial charge >= 0.3 is 0 Å². The van der Waals surface area contributed by atoms with Crippen molar-refractivity contribution in [3.05, 3.63) is 24.5 Å². The van der Waals surface area contributed by atoms with E-state index in [2.05, 4.69) is 10.3 Å².